The van der Waals surface area contributed by atoms with Crippen molar-refractivity contribution in [1.29, 1.82) is 0 Å². The fraction of sp³-hybridized carbons (Fsp3) is 0.206. The predicted molar refractivity (Wildman–Crippen MR) is 179 cm³/mol. The number of alkyl halides is 1. The quantitative estimate of drug-likeness (QED) is 0.115. The summed E-state index contributed by atoms with van der Waals surface area (Å²) in [4.78, 5) is 49.7. The van der Waals surface area contributed by atoms with Gasteiger partial charge in [-0.1, -0.05) is 12.1 Å². The van der Waals surface area contributed by atoms with Gasteiger partial charge in [0, 0.05) is 70.6 Å². The number of hydrogen-bond donors (Lipinski definition) is 4. The van der Waals surface area contributed by atoms with Crippen LogP contribution in [0, 0.1) is 6.92 Å². The Labute approximate surface area is 264 Å². The second kappa shape index (κ2) is 11.2. The van der Waals surface area contributed by atoms with Crippen LogP contribution in [0.2, 0.25) is 0 Å². The number of fused-ring (bicyclic) bond motifs is 5. The van der Waals surface area contributed by atoms with Crippen LogP contribution in [-0.4, -0.2) is 50.0 Å². The molecule has 7 rings (SSSR count). The Hall–Kier alpha value is -4.47. The van der Waals surface area contributed by atoms with E-state index in [1.54, 1.807) is 24.0 Å². The first kappa shape index (κ1) is 29.6. The van der Waals surface area contributed by atoms with E-state index in [2.05, 4.69) is 15.0 Å². The molecule has 6 aromatic rings. The van der Waals surface area contributed by atoms with Gasteiger partial charge in [-0.05, 0) is 72.5 Å². The molecule has 1 aliphatic heterocycles. The van der Waals surface area contributed by atoms with E-state index >= 15 is 0 Å². The van der Waals surface area contributed by atoms with Gasteiger partial charge in [0.05, 0.1) is 16.9 Å². The molecule has 0 fully saturated rings. The van der Waals surface area contributed by atoms with Crippen molar-refractivity contribution in [3.8, 4) is 5.75 Å². The van der Waals surface area contributed by atoms with Gasteiger partial charge in [0.15, 0.2) is 5.78 Å². The summed E-state index contributed by atoms with van der Waals surface area (Å²) < 4.78 is 0. The molecule has 3 aromatic heterocycles. The number of aromatic hydroxyl groups is 1. The van der Waals surface area contributed by atoms with Crippen LogP contribution < -0.4 is 4.90 Å². The summed E-state index contributed by atoms with van der Waals surface area (Å²) >= 11 is 6.37. The third kappa shape index (κ3) is 4.96. The number of aryl methyl sites for hydroxylation is 1. The summed E-state index contributed by atoms with van der Waals surface area (Å²) in [6.45, 7) is 3.95. The number of phenolic OH excluding ortho intramolecular Hbond substituents is 1. The monoisotopic (exact) mass is 626 g/mol. The second-order valence-electron chi connectivity index (χ2n) is 11.5. The smallest absolute Gasteiger partial charge is 0.274 e. The van der Waals surface area contributed by atoms with E-state index in [0.717, 1.165) is 49.4 Å². The van der Waals surface area contributed by atoms with Gasteiger partial charge >= 0.3 is 0 Å². The molecule has 0 aliphatic carbocycles. The van der Waals surface area contributed by atoms with Crippen LogP contribution in [0.15, 0.2) is 60.8 Å². The van der Waals surface area contributed by atoms with Gasteiger partial charge in [0.2, 0.25) is 0 Å². The summed E-state index contributed by atoms with van der Waals surface area (Å²) in [5.74, 6) is 0.201. The number of Topliss-reactive ketones (excluding diaryl/α,β-unsaturated/α-hetero) is 2. The Kier molecular flexibility index (Phi) is 7.55. The maximum Gasteiger partial charge on any atom is 0.274 e. The minimum Gasteiger partial charge on any atom is -0.506 e. The lowest BCUT2D eigenvalue weighted by molar-refractivity contribution is -0.116. The average Bonchev–Trinajstić information content (AvgIpc) is 3.75. The number of carbonyl (C=O) groups excluding carboxylic acids is 3. The number of phenols is 1. The fourth-order valence-electron chi connectivity index (χ4n) is 6.41. The van der Waals surface area contributed by atoms with E-state index < -0.39 is 0 Å². The summed E-state index contributed by atoms with van der Waals surface area (Å²) in [7, 11) is 0. The van der Waals surface area contributed by atoms with Crippen molar-refractivity contribution < 1.29 is 19.5 Å². The molecule has 3 aromatic carbocycles. The Morgan fingerprint density at radius 2 is 1.57 bits per heavy atom. The number of aromatic amines is 3. The first-order valence-corrected chi connectivity index (χ1v) is 14.7. The highest BCUT2D eigenvalue weighted by Crippen LogP contribution is 2.46. The van der Waals surface area contributed by atoms with Gasteiger partial charge in [0.1, 0.15) is 17.2 Å². The minimum atomic E-state index is -0.211. The van der Waals surface area contributed by atoms with E-state index in [1.807, 2.05) is 55.6 Å². The number of benzene rings is 3. The molecule has 44 heavy (non-hydrogen) atoms. The first-order chi connectivity index (χ1) is 20.7. The highest BCUT2D eigenvalue weighted by Gasteiger charge is 2.36. The van der Waals surface area contributed by atoms with Crippen molar-refractivity contribution >= 4 is 81.0 Å². The normalized spacial score (nSPS) is 14.3. The number of aromatic nitrogens is 3. The third-order valence-electron chi connectivity index (χ3n) is 8.40. The number of nitrogens with zero attached hydrogens (tertiary/aromatic N) is 1. The topological polar surface area (TPSA) is 122 Å². The number of hydrogen-bond acceptors (Lipinski definition) is 4. The fourth-order valence-corrected chi connectivity index (χ4v) is 6.66. The molecule has 0 saturated heterocycles. The summed E-state index contributed by atoms with van der Waals surface area (Å²) in [5.41, 5.74) is 7.59. The van der Waals surface area contributed by atoms with Gasteiger partial charge in [-0.15, -0.1) is 11.6 Å². The van der Waals surface area contributed by atoms with Gasteiger partial charge in [-0.25, -0.2) is 0 Å². The third-order valence-corrected chi connectivity index (χ3v) is 8.78. The molecular formula is C34H31ClN4O4S. The van der Waals surface area contributed by atoms with Crippen LogP contribution in [0.4, 0.5) is 5.69 Å². The van der Waals surface area contributed by atoms with Crippen LogP contribution >= 0.6 is 25.1 Å². The Bertz CT molecular complexity index is 2120. The number of rotatable bonds is 7. The number of H-pyrrole nitrogens is 3. The molecule has 0 bridgehead atoms. The minimum absolute atomic E-state index is 0. The zero-order chi connectivity index (χ0) is 30.0. The molecule has 1 aliphatic rings. The molecule has 0 spiro atoms. The van der Waals surface area contributed by atoms with Crippen molar-refractivity contribution in [3.05, 3.63) is 94.4 Å². The molecule has 1 amide bonds. The van der Waals surface area contributed by atoms with Crippen LogP contribution in [0.5, 0.6) is 5.75 Å². The summed E-state index contributed by atoms with van der Waals surface area (Å²) in [5, 5.41) is 13.3. The van der Waals surface area contributed by atoms with E-state index in [1.165, 1.54) is 0 Å². The lowest BCUT2D eigenvalue weighted by Crippen LogP contribution is -2.30. The Balaban J connectivity index is 0.00000343. The molecule has 4 heterocycles. The van der Waals surface area contributed by atoms with Gasteiger partial charge in [-0.2, -0.15) is 13.5 Å². The van der Waals surface area contributed by atoms with E-state index in [-0.39, 0.29) is 49.1 Å². The average molecular weight is 627 g/mol. The van der Waals surface area contributed by atoms with E-state index in [9.17, 15) is 19.5 Å². The lowest BCUT2D eigenvalue weighted by Gasteiger charge is -2.17. The molecule has 224 valence electrons. The number of halogens is 1. The molecule has 8 nitrogen and oxygen atoms in total. The number of ketones is 2. The maximum atomic E-state index is 13.8. The van der Waals surface area contributed by atoms with Crippen molar-refractivity contribution in [1.82, 2.24) is 15.0 Å². The number of nitrogens with one attached hydrogen (secondary N) is 3. The highest BCUT2D eigenvalue weighted by atomic mass is 35.5. The van der Waals surface area contributed by atoms with Crippen molar-refractivity contribution in [3.63, 3.8) is 0 Å². The maximum absolute atomic E-state index is 13.8. The number of anilines is 1. The second-order valence-corrected chi connectivity index (χ2v) is 11.8. The Morgan fingerprint density at radius 3 is 2.23 bits per heavy atom. The standard InChI is InChI=1S/C34H29ClN4O4.H2S/c1-17-15-36-33-30(42)13-28-32(31(17)33)23(14-35)16-39(28)34(43)27-12-22-9-20(4-6-25(22)38-27)10-29(41)26-11-21-8-19(7-18(2)40)3-5-24(21)37-26;/h3-6,8-9,11-13,15,23,36-38,42H,7,10,14,16H2,1-2H3;1H2. The number of amides is 1. The zero-order valence-electron chi connectivity index (χ0n) is 24.2. The highest BCUT2D eigenvalue weighted by molar-refractivity contribution is 7.59. The van der Waals surface area contributed by atoms with Crippen LogP contribution in [0.25, 0.3) is 32.7 Å². The van der Waals surface area contributed by atoms with Crippen LogP contribution in [-0.2, 0) is 17.6 Å². The Morgan fingerprint density at radius 1 is 0.932 bits per heavy atom. The molecule has 1 unspecified atom stereocenters. The van der Waals surface area contributed by atoms with Gasteiger partial charge in [0.25, 0.3) is 5.91 Å². The van der Waals surface area contributed by atoms with Crippen LogP contribution in [0.3, 0.4) is 0 Å². The lowest BCUT2D eigenvalue weighted by atomic mass is 9.97. The zero-order valence-corrected chi connectivity index (χ0v) is 25.9. The predicted octanol–water partition coefficient (Wildman–Crippen LogP) is 6.80. The van der Waals surface area contributed by atoms with Crippen molar-refractivity contribution in [2.75, 3.05) is 17.3 Å². The summed E-state index contributed by atoms with van der Waals surface area (Å²) in [6, 6.07) is 16.7. The molecule has 4 N–H and O–H groups in total. The largest absolute Gasteiger partial charge is 0.506 e. The molecular weight excluding hydrogens is 596 g/mol. The molecule has 0 saturated carbocycles. The van der Waals surface area contributed by atoms with Crippen molar-refractivity contribution in [2.24, 2.45) is 0 Å². The molecule has 10 heteroatoms. The number of carbonyl (C=O) groups is 3. The van der Waals surface area contributed by atoms with Crippen LogP contribution in [0.1, 0.15) is 56.1 Å². The van der Waals surface area contributed by atoms with Crippen molar-refractivity contribution in [2.45, 2.75) is 32.6 Å². The van der Waals surface area contributed by atoms with E-state index in [4.69, 9.17) is 11.6 Å². The SMILES string of the molecule is CC(=O)Cc1ccc2[nH]c(C(=O)Cc3ccc4[nH]c(C(=O)N5CC(CCl)c6c5cc(O)c5[nH]cc(C)c65)cc4c3)cc2c1.S. The van der Waals surface area contributed by atoms with Gasteiger partial charge in [-0.3, -0.25) is 14.4 Å². The first-order valence-electron chi connectivity index (χ1n) is 14.2. The molecule has 0 radical (unpaired) electrons. The van der Waals surface area contributed by atoms with Gasteiger partial charge < -0.3 is 25.0 Å². The van der Waals surface area contributed by atoms with E-state index in [0.29, 0.717) is 41.4 Å². The summed E-state index contributed by atoms with van der Waals surface area (Å²) in [6.07, 6.45) is 2.41. The molecule has 1 atom stereocenters.